The van der Waals surface area contributed by atoms with Crippen molar-refractivity contribution in [2.24, 2.45) is 0 Å². The molecular weight excluding hydrogens is 374 g/mol. The first-order chi connectivity index (χ1) is 13.7. The van der Waals surface area contributed by atoms with Crippen LogP contribution in [0, 0.1) is 18.3 Å². The first kappa shape index (κ1) is 16.5. The summed E-state index contributed by atoms with van der Waals surface area (Å²) in [4.78, 5) is 16.7. The van der Waals surface area contributed by atoms with E-state index in [1.165, 1.54) is 28.5 Å². The molecule has 5 aromatic rings. The lowest BCUT2D eigenvalue weighted by atomic mass is 10.1. The molecule has 4 aromatic heterocycles. The number of fused-ring (bicyclic) bond motifs is 4. The topological polar surface area (TPSA) is 104 Å². The van der Waals surface area contributed by atoms with Gasteiger partial charge in [-0.2, -0.15) is 5.26 Å². The minimum Gasteiger partial charge on any atom is -0.295 e. The number of para-hydroxylation sites is 1. The largest absolute Gasteiger partial charge is 0.295 e. The predicted octanol–water partition coefficient (Wildman–Crippen LogP) is 2.69. The Hall–Kier alpha value is -3.64. The zero-order valence-corrected chi connectivity index (χ0v) is 15.6. The van der Waals surface area contributed by atoms with E-state index in [4.69, 9.17) is 0 Å². The molecule has 0 saturated carbocycles. The fraction of sp³-hybridized carbons (Fsp3) is 0.105. The number of H-pyrrole nitrogens is 1. The highest BCUT2D eigenvalue weighted by Gasteiger charge is 2.13. The van der Waals surface area contributed by atoms with Gasteiger partial charge < -0.3 is 0 Å². The summed E-state index contributed by atoms with van der Waals surface area (Å²) >= 11 is 1.45. The third-order valence-corrected chi connectivity index (χ3v) is 5.56. The highest BCUT2D eigenvalue weighted by Crippen LogP contribution is 2.27. The Morgan fingerprint density at radius 1 is 1.25 bits per heavy atom. The van der Waals surface area contributed by atoms with Gasteiger partial charge in [-0.15, -0.1) is 10.2 Å². The number of aryl methyl sites for hydroxylation is 1. The summed E-state index contributed by atoms with van der Waals surface area (Å²) in [5.74, 6) is 0.435. The summed E-state index contributed by atoms with van der Waals surface area (Å²) in [5, 5.41) is 22.4. The van der Waals surface area contributed by atoms with Gasteiger partial charge in [-0.3, -0.25) is 14.3 Å². The van der Waals surface area contributed by atoms with Gasteiger partial charge in [0.2, 0.25) is 0 Å². The van der Waals surface area contributed by atoms with Crippen LogP contribution in [0.1, 0.15) is 16.8 Å². The minimum absolute atomic E-state index is 0.255. The zero-order chi connectivity index (χ0) is 19.3. The number of nitrogens with zero attached hydrogens (tertiary/aromatic N) is 6. The van der Waals surface area contributed by atoms with Gasteiger partial charge in [0.25, 0.3) is 5.56 Å². The molecule has 0 spiro atoms. The van der Waals surface area contributed by atoms with E-state index in [2.05, 4.69) is 33.3 Å². The molecule has 8 nitrogen and oxygen atoms in total. The van der Waals surface area contributed by atoms with E-state index in [-0.39, 0.29) is 5.56 Å². The van der Waals surface area contributed by atoms with Gasteiger partial charge >= 0.3 is 0 Å². The predicted molar refractivity (Wildman–Crippen MR) is 105 cm³/mol. The number of pyridine rings is 1. The van der Waals surface area contributed by atoms with Crippen molar-refractivity contribution in [1.82, 2.24) is 29.2 Å². The second kappa shape index (κ2) is 6.21. The molecule has 0 fully saturated rings. The third-order valence-electron chi connectivity index (χ3n) is 4.59. The summed E-state index contributed by atoms with van der Waals surface area (Å²) in [6.45, 7) is 2.06. The first-order valence-corrected chi connectivity index (χ1v) is 9.51. The van der Waals surface area contributed by atoms with Crippen LogP contribution in [-0.2, 0) is 5.75 Å². The van der Waals surface area contributed by atoms with Crippen molar-refractivity contribution in [2.45, 2.75) is 17.8 Å². The molecule has 0 radical (unpaired) electrons. The van der Waals surface area contributed by atoms with Crippen LogP contribution in [-0.4, -0.2) is 29.2 Å². The second-order valence-electron chi connectivity index (χ2n) is 6.35. The molecule has 1 N–H and O–H groups in total. The van der Waals surface area contributed by atoms with Gasteiger partial charge in [0, 0.05) is 23.4 Å². The van der Waals surface area contributed by atoms with Crippen LogP contribution in [0.5, 0.6) is 0 Å². The van der Waals surface area contributed by atoms with Crippen LogP contribution < -0.4 is 5.56 Å². The lowest BCUT2D eigenvalue weighted by molar-refractivity contribution is 0.886. The summed E-state index contributed by atoms with van der Waals surface area (Å²) in [6, 6.07) is 13.6. The van der Waals surface area contributed by atoms with E-state index >= 15 is 0 Å². The smallest absolute Gasteiger partial charge is 0.272 e. The van der Waals surface area contributed by atoms with Crippen molar-refractivity contribution < 1.29 is 0 Å². The van der Waals surface area contributed by atoms with Crippen molar-refractivity contribution in [3.8, 4) is 6.07 Å². The van der Waals surface area contributed by atoms with Gasteiger partial charge in [0.05, 0.1) is 11.2 Å². The fourth-order valence-corrected chi connectivity index (χ4v) is 4.14. The molecule has 0 aliphatic carbocycles. The molecule has 0 saturated heterocycles. The lowest BCUT2D eigenvalue weighted by Gasteiger charge is -2.07. The fourth-order valence-electron chi connectivity index (χ4n) is 3.29. The van der Waals surface area contributed by atoms with E-state index in [1.54, 1.807) is 0 Å². The van der Waals surface area contributed by atoms with Crippen molar-refractivity contribution >= 4 is 34.0 Å². The molecule has 9 heteroatoms. The third kappa shape index (κ3) is 2.46. The van der Waals surface area contributed by atoms with E-state index in [0.717, 1.165) is 27.3 Å². The number of nitriles is 1. The average molecular weight is 387 g/mol. The number of aromatic amines is 1. The summed E-state index contributed by atoms with van der Waals surface area (Å²) in [7, 11) is 0. The molecule has 136 valence electrons. The molecular formula is C19H13N7OS. The van der Waals surface area contributed by atoms with Crippen LogP contribution in [0.2, 0.25) is 0 Å². The average Bonchev–Trinajstić information content (AvgIpc) is 3.30. The molecule has 5 rings (SSSR count). The minimum atomic E-state index is -0.255. The SMILES string of the molecule is Cc1cc2nnc(SCc3cc(=O)n4[nH]cc(C#N)c4n3)n2c2ccccc12. The van der Waals surface area contributed by atoms with Gasteiger partial charge in [-0.25, -0.2) is 9.50 Å². The summed E-state index contributed by atoms with van der Waals surface area (Å²) < 4.78 is 3.27. The molecule has 28 heavy (non-hydrogen) atoms. The maximum atomic E-state index is 12.3. The number of benzene rings is 1. The number of hydrogen-bond donors (Lipinski definition) is 1. The molecule has 1 aromatic carbocycles. The quantitative estimate of drug-likeness (QED) is 0.477. The van der Waals surface area contributed by atoms with Gasteiger partial charge in [-0.1, -0.05) is 30.0 Å². The van der Waals surface area contributed by atoms with Crippen LogP contribution in [0.25, 0.3) is 22.2 Å². The Bertz CT molecular complexity index is 1470. The molecule has 0 unspecified atom stereocenters. The van der Waals surface area contributed by atoms with Crippen molar-refractivity contribution in [3.05, 3.63) is 69.8 Å². The zero-order valence-electron chi connectivity index (χ0n) is 14.7. The first-order valence-electron chi connectivity index (χ1n) is 8.52. The van der Waals surface area contributed by atoms with Gasteiger partial charge in [0.15, 0.2) is 16.5 Å². The number of rotatable bonds is 3. The van der Waals surface area contributed by atoms with Crippen LogP contribution in [0.3, 0.4) is 0 Å². The van der Waals surface area contributed by atoms with Crippen molar-refractivity contribution in [1.29, 1.82) is 5.26 Å². The lowest BCUT2D eigenvalue weighted by Crippen LogP contribution is -2.15. The molecule has 4 heterocycles. The molecule has 0 atom stereocenters. The number of aromatic nitrogens is 6. The summed E-state index contributed by atoms with van der Waals surface area (Å²) in [5.41, 5.74) is 3.94. The van der Waals surface area contributed by atoms with Crippen LogP contribution in [0.4, 0.5) is 0 Å². The molecule has 0 amide bonds. The number of nitrogens with one attached hydrogen (secondary N) is 1. The van der Waals surface area contributed by atoms with Crippen LogP contribution >= 0.6 is 11.8 Å². The highest BCUT2D eigenvalue weighted by molar-refractivity contribution is 7.98. The Labute approximate surface area is 162 Å². The highest BCUT2D eigenvalue weighted by atomic mass is 32.2. The monoisotopic (exact) mass is 387 g/mol. The maximum absolute atomic E-state index is 12.3. The molecule has 0 bridgehead atoms. The Morgan fingerprint density at radius 3 is 2.96 bits per heavy atom. The van der Waals surface area contributed by atoms with Gasteiger partial charge in [0.1, 0.15) is 11.6 Å². The van der Waals surface area contributed by atoms with Crippen molar-refractivity contribution in [2.75, 3.05) is 0 Å². The van der Waals surface area contributed by atoms with Gasteiger partial charge in [-0.05, 0) is 24.6 Å². The summed E-state index contributed by atoms with van der Waals surface area (Å²) in [6.07, 6.45) is 1.47. The van der Waals surface area contributed by atoms with Crippen LogP contribution in [0.15, 0.2) is 52.5 Å². The van der Waals surface area contributed by atoms with E-state index < -0.39 is 0 Å². The van der Waals surface area contributed by atoms with E-state index in [1.807, 2.05) is 34.7 Å². The standard InChI is InChI=1S/C19H13N7OS/c1-11-6-16-23-24-19(25(16)15-5-3-2-4-14(11)15)28-10-13-7-17(27)26-18(22-13)12(8-20)9-21-26/h2-7,9,21H,10H2,1H3. The normalized spacial score (nSPS) is 11.4. The maximum Gasteiger partial charge on any atom is 0.272 e. The molecule has 0 aliphatic heterocycles. The number of thioether (sulfide) groups is 1. The van der Waals surface area contributed by atoms with Crippen molar-refractivity contribution in [3.63, 3.8) is 0 Å². The van der Waals surface area contributed by atoms with E-state index in [9.17, 15) is 10.1 Å². The molecule has 0 aliphatic rings. The Kier molecular flexibility index (Phi) is 3.67. The Morgan fingerprint density at radius 2 is 2.11 bits per heavy atom. The van der Waals surface area contributed by atoms with E-state index in [0.29, 0.717) is 22.7 Å². The number of hydrogen-bond acceptors (Lipinski definition) is 6. The Balaban J connectivity index is 1.57. The second-order valence-corrected chi connectivity index (χ2v) is 7.30.